The molecule has 1 aliphatic carbocycles. The van der Waals surface area contributed by atoms with Crippen LogP contribution in [-0.4, -0.2) is 54.6 Å². The average molecular weight is 561 g/mol. The van der Waals surface area contributed by atoms with Crippen LogP contribution in [0.3, 0.4) is 0 Å². The molecule has 3 aliphatic rings. The average Bonchev–Trinajstić information content (AvgIpc) is 3.78. The van der Waals surface area contributed by atoms with Crippen molar-refractivity contribution in [1.29, 1.82) is 0 Å². The lowest BCUT2D eigenvalue weighted by Gasteiger charge is -2.46. The minimum absolute atomic E-state index is 0.0128. The highest BCUT2D eigenvalue weighted by Crippen LogP contribution is 2.50. The lowest BCUT2D eigenvalue weighted by molar-refractivity contribution is -0.117. The van der Waals surface area contributed by atoms with E-state index in [-0.39, 0.29) is 35.9 Å². The van der Waals surface area contributed by atoms with E-state index in [1.807, 2.05) is 54.8 Å². The highest BCUT2D eigenvalue weighted by molar-refractivity contribution is 5.95. The molecule has 2 fully saturated rings. The number of carbonyl (C=O) groups is 3. The molecule has 220 valence electrons. The number of benzene rings is 2. The number of amides is 3. The maximum Gasteiger partial charge on any atom is 0.410 e. The predicted octanol–water partition coefficient (Wildman–Crippen LogP) is 6.10. The quantitative estimate of drug-likeness (QED) is 0.462. The van der Waals surface area contributed by atoms with Crippen LogP contribution in [0.4, 0.5) is 16.2 Å². The molecule has 0 bridgehead atoms. The van der Waals surface area contributed by atoms with E-state index in [4.69, 9.17) is 4.74 Å². The number of nitrogens with one attached hydrogen (secondary N) is 2. The van der Waals surface area contributed by atoms with Gasteiger partial charge in [-0.25, -0.2) is 4.79 Å². The van der Waals surface area contributed by atoms with E-state index < -0.39 is 5.60 Å². The van der Waals surface area contributed by atoms with Gasteiger partial charge in [0.1, 0.15) is 5.60 Å². The Morgan fingerprint density at radius 1 is 0.951 bits per heavy atom. The van der Waals surface area contributed by atoms with Crippen molar-refractivity contribution in [2.24, 2.45) is 11.8 Å². The molecule has 41 heavy (non-hydrogen) atoms. The molecule has 3 amide bonds. The first-order valence-corrected chi connectivity index (χ1v) is 15.0. The SMILES string of the molecule is CNC(=O)c1ccc(NC2c3cc(C4CCN(C(=O)OC(C)(C)C)CC4)ccc3N(C(C)=O)C(C3CC3)[C@@H]2C)cc1. The van der Waals surface area contributed by atoms with Gasteiger partial charge in [-0.3, -0.25) is 9.59 Å². The summed E-state index contributed by atoms with van der Waals surface area (Å²) >= 11 is 0. The zero-order chi connectivity index (χ0) is 29.5. The summed E-state index contributed by atoms with van der Waals surface area (Å²) in [6.45, 7) is 10.9. The summed E-state index contributed by atoms with van der Waals surface area (Å²) in [6.07, 6.45) is 3.79. The number of anilines is 2. The Kier molecular flexibility index (Phi) is 8.04. The van der Waals surface area contributed by atoms with Crippen molar-refractivity contribution in [3.63, 3.8) is 0 Å². The molecule has 0 aromatic heterocycles. The third-order valence-electron chi connectivity index (χ3n) is 8.77. The molecule has 8 nitrogen and oxygen atoms in total. The topological polar surface area (TPSA) is 91.0 Å². The maximum absolute atomic E-state index is 13.0. The van der Waals surface area contributed by atoms with Crippen LogP contribution >= 0.6 is 0 Å². The van der Waals surface area contributed by atoms with Crippen LogP contribution in [0.5, 0.6) is 0 Å². The summed E-state index contributed by atoms with van der Waals surface area (Å²) in [7, 11) is 1.63. The molecule has 2 aromatic carbocycles. The fourth-order valence-corrected chi connectivity index (χ4v) is 6.60. The van der Waals surface area contributed by atoms with E-state index in [1.165, 1.54) is 5.56 Å². The van der Waals surface area contributed by atoms with Gasteiger partial charge in [-0.1, -0.05) is 19.1 Å². The highest BCUT2D eigenvalue weighted by Gasteiger charge is 2.47. The normalized spacial score (nSPS) is 23.0. The van der Waals surface area contributed by atoms with Crippen molar-refractivity contribution in [3.05, 3.63) is 59.2 Å². The van der Waals surface area contributed by atoms with Gasteiger partial charge < -0.3 is 25.2 Å². The molecule has 0 spiro atoms. The summed E-state index contributed by atoms with van der Waals surface area (Å²) in [5.74, 6) is 1.01. The molecule has 8 heteroatoms. The first kappa shape index (κ1) is 29.0. The second-order valence-corrected chi connectivity index (χ2v) is 12.9. The van der Waals surface area contributed by atoms with Crippen LogP contribution in [0.1, 0.15) is 93.7 Å². The first-order chi connectivity index (χ1) is 19.5. The van der Waals surface area contributed by atoms with E-state index in [0.29, 0.717) is 30.5 Å². The van der Waals surface area contributed by atoms with Gasteiger partial charge >= 0.3 is 6.09 Å². The summed E-state index contributed by atoms with van der Waals surface area (Å²) in [5, 5.41) is 6.45. The summed E-state index contributed by atoms with van der Waals surface area (Å²) in [6, 6.07) is 14.3. The Bertz CT molecular complexity index is 1290. The van der Waals surface area contributed by atoms with Crippen molar-refractivity contribution >= 4 is 29.3 Å². The zero-order valence-corrected chi connectivity index (χ0v) is 25.2. The maximum atomic E-state index is 13.0. The molecule has 2 unspecified atom stereocenters. The Morgan fingerprint density at radius 3 is 2.17 bits per heavy atom. The first-order valence-electron chi connectivity index (χ1n) is 15.0. The third-order valence-corrected chi connectivity index (χ3v) is 8.77. The third kappa shape index (κ3) is 6.21. The van der Waals surface area contributed by atoms with Crippen molar-refractivity contribution < 1.29 is 19.1 Å². The summed E-state index contributed by atoms with van der Waals surface area (Å²) in [5.41, 5.74) is 4.43. The van der Waals surface area contributed by atoms with Crippen molar-refractivity contribution in [2.45, 2.75) is 83.9 Å². The molecular weight excluding hydrogens is 516 g/mol. The lowest BCUT2D eigenvalue weighted by Crippen LogP contribution is -2.51. The van der Waals surface area contributed by atoms with Gasteiger partial charge in [0.2, 0.25) is 5.91 Å². The highest BCUT2D eigenvalue weighted by atomic mass is 16.6. The Balaban J connectivity index is 1.43. The van der Waals surface area contributed by atoms with Crippen LogP contribution < -0.4 is 15.5 Å². The Labute approximate surface area is 243 Å². The molecule has 2 heterocycles. The van der Waals surface area contributed by atoms with Gasteiger partial charge in [-0.2, -0.15) is 0 Å². The molecule has 2 aromatic rings. The van der Waals surface area contributed by atoms with Crippen LogP contribution in [-0.2, 0) is 9.53 Å². The van der Waals surface area contributed by atoms with Crippen LogP contribution in [0.15, 0.2) is 42.5 Å². The molecule has 0 radical (unpaired) electrons. The standard InChI is InChI=1S/C33H44N4O4/c1-20-29(35-26-12-9-24(10-13-26)31(39)34-6)27-19-25(11-14-28(27)37(21(2)38)30(20)23-7-8-23)22-15-17-36(18-16-22)32(40)41-33(3,4)5/h9-14,19-20,22-23,29-30,35H,7-8,15-18H2,1-6H3,(H,34,39)/t20-,29?,30?/m1/s1. The van der Waals surface area contributed by atoms with Gasteiger partial charge in [0, 0.05) is 56.0 Å². The monoisotopic (exact) mass is 560 g/mol. The van der Waals surface area contributed by atoms with Crippen LogP contribution in [0, 0.1) is 11.8 Å². The van der Waals surface area contributed by atoms with Gasteiger partial charge in [0.25, 0.3) is 5.91 Å². The number of piperidine rings is 1. The number of fused-ring (bicyclic) bond motifs is 1. The molecule has 5 rings (SSSR count). The molecule has 3 atom stereocenters. The van der Waals surface area contributed by atoms with Gasteiger partial charge in [-0.15, -0.1) is 0 Å². The second kappa shape index (κ2) is 11.4. The number of carbonyl (C=O) groups excluding carboxylic acids is 3. The van der Waals surface area contributed by atoms with Crippen LogP contribution in [0.2, 0.25) is 0 Å². The van der Waals surface area contributed by atoms with E-state index in [2.05, 4.69) is 35.8 Å². The molecule has 1 saturated heterocycles. The minimum atomic E-state index is -0.505. The zero-order valence-electron chi connectivity index (χ0n) is 25.2. The number of ether oxygens (including phenoxy) is 1. The van der Waals surface area contributed by atoms with E-state index in [0.717, 1.165) is 42.6 Å². The van der Waals surface area contributed by atoms with E-state index in [1.54, 1.807) is 14.0 Å². The molecular formula is C33H44N4O4. The van der Waals surface area contributed by atoms with Gasteiger partial charge in [0.05, 0.1) is 6.04 Å². The number of hydrogen-bond acceptors (Lipinski definition) is 5. The predicted molar refractivity (Wildman–Crippen MR) is 161 cm³/mol. The lowest BCUT2D eigenvalue weighted by atomic mass is 9.78. The van der Waals surface area contributed by atoms with Crippen LogP contribution in [0.25, 0.3) is 0 Å². The summed E-state index contributed by atoms with van der Waals surface area (Å²) < 4.78 is 5.59. The Hall–Kier alpha value is -3.55. The largest absolute Gasteiger partial charge is 0.444 e. The minimum Gasteiger partial charge on any atom is -0.444 e. The fraction of sp³-hybridized carbons (Fsp3) is 0.545. The summed E-state index contributed by atoms with van der Waals surface area (Å²) in [4.78, 5) is 41.6. The van der Waals surface area contributed by atoms with Crippen molar-refractivity contribution in [1.82, 2.24) is 10.2 Å². The molecule has 2 aliphatic heterocycles. The smallest absolute Gasteiger partial charge is 0.410 e. The number of likely N-dealkylation sites (tertiary alicyclic amines) is 1. The van der Waals surface area contributed by atoms with Gasteiger partial charge in [-0.05, 0) is 99.7 Å². The van der Waals surface area contributed by atoms with Crippen molar-refractivity contribution in [2.75, 3.05) is 30.4 Å². The Morgan fingerprint density at radius 2 is 1.61 bits per heavy atom. The number of hydrogen-bond donors (Lipinski definition) is 2. The van der Waals surface area contributed by atoms with E-state index in [9.17, 15) is 14.4 Å². The van der Waals surface area contributed by atoms with Gasteiger partial charge in [0.15, 0.2) is 0 Å². The van der Waals surface area contributed by atoms with E-state index >= 15 is 0 Å². The number of rotatable bonds is 5. The fourth-order valence-electron chi connectivity index (χ4n) is 6.60. The number of nitrogens with zero attached hydrogens (tertiary/aromatic N) is 2. The van der Waals surface area contributed by atoms with Crippen molar-refractivity contribution in [3.8, 4) is 0 Å². The molecule has 1 saturated carbocycles. The molecule has 2 N–H and O–H groups in total. The second-order valence-electron chi connectivity index (χ2n) is 12.9.